The van der Waals surface area contributed by atoms with Gasteiger partial charge in [0.2, 0.25) is 5.91 Å². The molecule has 2 N–H and O–H groups in total. The molecule has 0 unspecified atom stereocenters. The van der Waals surface area contributed by atoms with E-state index >= 15 is 0 Å². The highest BCUT2D eigenvalue weighted by molar-refractivity contribution is 6.06. The largest absolute Gasteiger partial charge is 0.326 e. The molecule has 0 aliphatic rings. The van der Waals surface area contributed by atoms with Crippen LogP contribution < -0.4 is 16.2 Å². The van der Waals surface area contributed by atoms with Crippen LogP contribution in [-0.2, 0) is 11.8 Å². The summed E-state index contributed by atoms with van der Waals surface area (Å²) in [6.07, 6.45) is 1.64. The first-order chi connectivity index (χ1) is 13.4. The second-order valence-corrected chi connectivity index (χ2v) is 6.39. The van der Waals surface area contributed by atoms with Crippen LogP contribution in [0, 0.1) is 0 Å². The fourth-order valence-corrected chi connectivity index (χ4v) is 3.11. The molecule has 140 valence electrons. The van der Waals surface area contributed by atoms with Crippen LogP contribution in [0.2, 0.25) is 0 Å². The van der Waals surface area contributed by atoms with Crippen molar-refractivity contribution in [3.05, 3.63) is 70.8 Å². The van der Waals surface area contributed by atoms with E-state index in [0.29, 0.717) is 33.7 Å². The van der Waals surface area contributed by atoms with Gasteiger partial charge in [-0.2, -0.15) is 0 Å². The molecule has 8 nitrogen and oxygen atoms in total. The number of carbonyl (C=O) groups is 2. The van der Waals surface area contributed by atoms with Crippen LogP contribution in [0.15, 0.2) is 59.5 Å². The topological polar surface area (TPSA) is 97.5 Å². The summed E-state index contributed by atoms with van der Waals surface area (Å²) in [6, 6.07) is 13.6. The minimum atomic E-state index is -0.381. The highest BCUT2D eigenvalue weighted by Gasteiger charge is 2.18. The van der Waals surface area contributed by atoms with Crippen molar-refractivity contribution < 1.29 is 9.59 Å². The van der Waals surface area contributed by atoms with Crippen LogP contribution >= 0.6 is 0 Å². The fraction of sp³-hybridized carbons (Fsp3) is 0.100. The van der Waals surface area contributed by atoms with Gasteiger partial charge in [0.1, 0.15) is 17.0 Å². The summed E-state index contributed by atoms with van der Waals surface area (Å²) in [7, 11) is 1.69. The fourth-order valence-electron chi connectivity index (χ4n) is 3.11. The van der Waals surface area contributed by atoms with Crippen molar-refractivity contribution in [2.45, 2.75) is 6.92 Å². The third-order valence-corrected chi connectivity index (χ3v) is 4.38. The third kappa shape index (κ3) is 3.01. The molecule has 3 heterocycles. The van der Waals surface area contributed by atoms with Gasteiger partial charge in [-0.05, 0) is 36.4 Å². The molecule has 0 radical (unpaired) electrons. The Labute approximate surface area is 159 Å². The molecular weight excluding hydrogens is 358 g/mol. The van der Waals surface area contributed by atoms with Crippen molar-refractivity contribution in [3.8, 4) is 0 Å². The summed E-state index contributed by atoms with van der Waals surface area (Å²) < 4.78 is 3.04. The maximum Gasteiger partial charge on any atom is 0.272 e. The summed E-state index contributed by atoms with van der Waals surface area (Å²) >= 11 is 0. The van der Waals surface area contributed by atoms with Crippen LogP contribution in [-0.4, -0.2) is 25.8 Å². The molecule has 2 amide bonds. The Hall–Kier alpha value is -3.94. The van der Waals surface area contributed by atoms with Gasteiger partial charge in [0.15, 0.2) is 0 Å². The SMILES string of the molecule is CC(=O)Nc1cccc(NC(=O)c2cc3c(=O)n4ccccc4nc3n2C)c1. The van der Waals surface area contributed by atoms with Crippen molar-refractivity contribution >= 4 is 39.9 Å². The van der Waals surface area contributed by atoms with Crippen LogP contribution in [0.3, 0.4) is 0 Å². The average Bonchev–Trinajstić information content (AvgIpc) is 2.99. The highest BCUT2D eigenvalue weighted by Crippen LogP contribution is 2.19. The first-order valence-corrected chi connectivity index (χ1v) is 8.60. The minimum absolute atomic E-state index is 0.198. The number of pyridine rings is 1. The van der Waals surface area contributed by atoms with E-state index in [1.165, 1.54) is 17.4 Å². The molecule has 4 rings (SSSR count). The highest BCUT2D eigenvalue weighted by atomic mass is 16.2. The summed E-state index contributed by atoms with van der Waals surface area (Å²) in [5, 5.41) is 5.82. The smallest absolute Gasteiger partial charge is 0.272 e. The van der Waals surface area contributed by atoms with E-state index in [2.05, 4.69) is 15.6 Å². The lowest BCUT2D eigenvalue weighted by atomic mass is 10.2. The number of fused-ring (bicyclic) bond motifs is 2. The second-order valence-electron chi connectivity index (χ2n) is 6.39. The summed E-state index contributed by atoms with van der Waals surface area (Å²) in [5.74, 6) is -0.579. The molecule has 0 saturated heterocycles. The van der Waals surface area contributed by atoms with Crippen molar-refractivity contribution in [1.82, 2.24) is 14.0 Å². The molecule has 3 aromatic heterocycles. The third-order valence-electron chi connectivity index (χ3n) is 4.38. The lowest BCUT2D eigenvalue weighted by Gasteiger charge is -2.08. The molecule has 4 aromatic rings. The zero-order valence-electron chi connectivity index (χ0n) is 15.3. The van der Waals surface area contributed by atoms with Gasteiger partial charge in [0, 0.05) is 31.5 Å². The maximum atomic E-state index is 12.8. The zero-order chi connectivity index (χ0) is 19.8. The lowest BCUT2D eigenvalue weighted by Crippen LogP contribution is -2.16. The van der Waals surface area contributed by atoms with Crippen LogP contribution in [0.5, 0.6) is 0 Å². The Morgan fingerprint density at radius 3 is 2.50 bits per heavy atom. The molecule has 0 bridgehead atoms. The van der Waals surface area contributed by atoms with Crippen LogP contribution in [0.1, 0.15) is 17.4 Å². The zero-order valence-corrected chi connectivity index (χ0v) is 15.3. The molecule has 0 aliphatic carbocycles. The first-order valence-electron chi connectivity index (χ1n) is 8.60. The Kier molecular flexibility index (Phi) is 4.15. The Balaban J connectivity index is 1.73. The van der Waals surface area contributed by atoms with E-state index < -0.39 is 0 Å². The molecule has 1 aromatic carbocycles. The number of rotatable bonds is 3. The molecule has 0 saturated carbocycles. The Bertz CT molecular complexity index is 1300. The van der Waals surface area contributed by atoms with E-state index in [4.69, 9.17) is 0 Å². The van der Waals surface area contributed by atoms with Gasteiger partial charge in [0.05, 0.1) is 5.39 Å². The standard InChI is InChI=1S/C20H17N5O3/c1-12(26)21-13-6-5-7-14(10-13)22-19(27)16-11-15-18(24(16)2)23-17-8-3-4-9-25(17)20(15)28/h3-11H,1-2H3,(H,21,26)(H,22,27). The molecule has 8 heteroatoms. The van der Waals surface area contributed by atoms with Crippen LogP contribution in [0.25, 0.3) is 16.7 Å². The predicted octanol–water partition coefficient (Wildman–Crippen LogP) is 2.40. The summed E-state index contributed by atoms with van der Waals surface area (Å²) in [5.41, 5.74) is 2.12. The number of hydrogen-bond donors (Lipinski definition) is 2. The number of amides is 2. The van der Waals surface area contributed by atoms with E-state index in [1.807, 2.05) is 0 Å². The van der Waals surface area contributed by atoms with Crippen molar-refractivity contribution in [1.29, 1.82) is 0 Å². The Morgan fingerprint density at radius 2 is 1.75 bits per heavy atom. The minimum Gasteiger partial charge on any atom is -0.326 e. The van der Waals surface area contributed by atoms with E-state index in [0.717, 1.165) is 0 Å². The summed E-state index contributed by atoms with van der Waals surface area (Å²) in [4.78, 5) is 41.2. The monoisotopic (exact) mass is 375 g/mol. The van der Waals surface area contributed by atoms with Crippen molar-refractivity contribution in [3.63, 3.8) is 0 Å². The second kappa shape index (κ2) is 6.66. The van der Waals surface area contributed by atoms with E-state index in [9.17, 15) is 14.4 Å². The number of nitrogens with one attached hydrogen (secondary N) is 2. The number of anilines is 2. The van der Waals surface area contributed by atoms with Gasteiger partial charge in [-0.1, -0.05) is 12.1 Å². The Morgan fingerprint density at radius 1 is 1.00 bits per heavy atom. The number of benzene rings is 1. The van der Waals surface area contributed by atoms with Gasteiger partial charge in [-0.15, -0.1) is 0 Å². The predicted molar refractivity (Wildman–Crippen MR) is 107 cm³/mol. The summed E-state index contributed by atoms with van der Waals surface area (Å²) in [6.45, 7) is 1.41. The number of aromatic nitrogens is 3. The molecular formula is C20H17N5O3. The van der Waals surface area contributed by atoms with E-state index in [1.54, 1.807) is 60.3 Å². The lowest BCUT2D eigenvalue weighted by molar-refractivity contribution is -0.114. The first kappa shape index (κ1) is 17.5. The van der Waals surface area contributed by atoms with Crippen LogP contribution in [0.4, 0.5) is 11.4 Å². The molecule has 0 atom stereocenters. The molecule has 0 spiro atoms. The van der Waals surface area contributed by atoms with Gasteiger partial charge in [-0.25, -0.2) is 4.98 Å². The van der Waals surface area contributed by atoms with Crippen molar-refractivity contribution in [2.75, 3.05) is 10.6 Å². The van der Waals surface area contributed by atoms with Gasteiger partial charge in [-0.3, -0.25) is 18.8 Å². The van der Waals surface area contributed by atoms with E-state index in [-0.39, 0.29) is 17.4 Å². The number of hydrogen-bond acceptors (Lipinski definition) is 4. The molecule has 0 fully saturated rings. The maximum absolute atomic E-state index is 12.8. The van der Waals surface area contributed by atoms with Gasteiger partial charge >= 0.3 is 0 Å². The van der Waals surface area contributed by atoms with Gasteiger partial charge in [0.25, 0.3) is 11.5 Å². The molecule has 0 aliphatic heterocycles. The number of carbonyl (C=O) groups excluding carboxylic acids is 2. The molecule has 28 heavy (non-hydrogen) atoms. The normalized spacial score (nSPS) is 10.9. The van der Waals surface area contributed by atoms with Gasteiger partial charge < -0.3 is 15.2 Å². The van der Waals surface area contributed by atoms with Crippen molar-refractivity contribution in [2.24, 2.45) is 7.05 Å². The average molecular weight is 375 g/mol. The number of nitrogens with zero attached hydrogens (tertiary/aromatic N) is 3. The quantitative estimate of drug-likeness (QED) is 0.574. The number of aryl methyl sites for hydroxylation is 1.